The number of fused-ring (bicyclic) bond motifs is 1. The first kappa shape index (κ1) is 17.1. The quantitative estimate of drug-likeness (QED) is 0.532. The van der Waals surface area contributed by atoms with Crippen molar-refractivity contribution in [3.8, 4) is 0 Å². The van der Waals surface area contributed by atoms with Gasteiger partial charge in [-0.3, -0.25) is 4.72 Å². The monoisotopic (exact) mass is 386 g/mol. The van der Waals surface area contributed by atoms with E-state index in [-0.39, 0.29) is 27.3 Å². The van der Waals surface area contributed by atoms with E-state index in [9.17, 15) is 13.0 Å². The highest BCUT2D eigenvalue weighted by Gasteiger charge is 2.18. The molecule has 0 fully saturated rings. The minimum absolute atomic E-state index is 0.0917. The van der Waals surface area contributed by atoms with Gasteiger partial charge in [0.15, 0.2) is 22.0 Å². The Balaban J connectivity index is 1.68. The van der Waals surface area contributed by atoms with Crippen LogP contribution in [0.1, 0.15) is 0 Å². The molecule has 27 heavy (non-hydrogen) atoms. The van der Waals surface area contributed by atoms with Crippen LogP contribution in [0.2, 0.25) is 0 Å². The summed E-state index contributed by atoms with van der Waals surface area (Å²) in [5.41, 5.74) is 1.27. The Bertz CT molecular complexity index is 1150. The van der Waals surface area contributed by atoms with Crippen molar-refractivity contribution in [2.45, 2.75) is 4.90 Å². The smallest absolute Gasteiger partial charge is 0.159 e. The average Bonchev–Trinajstić information content (AvgIpc) is 3.16. The zero-order valence-electron chi connectivity index (χ0n) is 13.6. The van der Waals surface area contributed by atoms with E-state index in [0.717, 1.165) is 0 Å². The van der Waals surface area contributed by atoms with Crippen molar-refractivity contribution in [1.82, 2.24) is 10.3 Å². The third-order valence-corrected chi connectivity index (χ3v) is 4.93. The first-order valence-corrected chi connectivity index (χ1v) is 8.98. The van der Waals surface area contributed by atoms with E-state index >= 15 is 0 Å². The lowest BCUT2D eigenvalue weighted by atomic mass is 10.2. The van der Waals surface area contributed by atoms with Crippen molar-refractivity contribution >= 4 is 39.1 Å². The number of nitrogens with one attached hydrogen (secondary N) is 2. The summed E-state index contributed by atoms with van der Waals surface area (Å²) in [6.45, 7) is 0. The summed E-state index contributed by atoms with van der Waals surface area (Å²) < 4.78 is 47.7. The normalized spacial score (nSPS) is 12.1. The van der Waals surface area contributed by atoms with Gasteiger partial charge in [0, 0.05) is 0 Å². The van der Waals surface area contributed by atoms with Crippen LogP contribution in [0.3, 0.4) is 0 Å². The van der Waals surface area contributed by atoms with Crippen LogP contribution in [0.15, 0.2) is 70.2 Å². The highest BCUT2D eigenvalue weighted by atomic mass is 32.2. The van der Waals surface area contributed by atoms with E-state index in [1.54, 1.807) is 30.3 Å². The molecule has 0 spiro atoms. The Morgan fingerprint density at radius 1 is 0.778 bits per heavy atom. The first-order valence-electron chi connectivity index (χ1n) is 7.83. The number of halogens is 2. The van der Waals surface area contributed by atoms with E-state index in [1.165, 1.54) is 30.3 Å². The van der Waals surface area contributed by atoms with E-state index < -0.39 is 22.6 Å². The van der Waals surface area contributed by atoms with Gasteiger partial charge in [-0.15, -0.1) is 0 Å². The molecule has 1 atom stereocenters. The molecule has 0 bridgehead atoms. The molecule has 6 nitrogen and oxygen atoms in total. The predicted octanol–water partition coefficient (Wildman–Crippen LogP) is 4.38. The van der Waals surface area contributed by atoms with E-state index in [1.807, 2.05) is 0 Å². The van der Waals surface area contributed by atoms with Gasteiger partial charge in [0.1, 0.15) is 11.6 Å². The fourth-order valence-corrected chi connectivity index (χ4v) is 3.48. The van der Waals surface area contributed by atoms with Gasteiger partial charge in [0.2, 0.25) is 0 Å². The molecule has 4 aromatic rings. The van der Waals surface area contributed by atoms with Gasteiger partial charge in [0.05, 0.1) is 22.0 Å². The van der Waals surface area contributed by atoms with Crippen LogP contribution in [0.5, 0.6) is 0 Å². The highest BCUT2D eigenvalue weighted by Crippen LogP contribution is 2.30. The largest absolute Gasteiger partial charge is 0.351 e. The Morgan fingerprint density at radius 2 is 1.41 bits per heavy atom. The summed E-state index contributed by atoms with van der Waals surface area (Å²) in [5.74, 6) is -0.964. The third kappa shape index (κ3) is 3.36. The van der Waals surface area contributed by atoms with Crippen LogP contribution in [0.25, 0.3) is 11.0 Å². The number of benzene rings is 3. The topological polar surface area (TPSA) is 80.0 Å². The Hall–Kier alpha value is -3.33. The van der Waals surface area contributed by atoms with Crippen LogP contribution < -0.4 is 10.0 Å². The van der Waals surface area contributed by atoms with Gasteiger partial charge in [-0.1, -0.05) is 24.3 Å². The molecule has 0 aliphatic rings. The second kappa shape index (κ2) is 7.12. The van der Waals surface area contributed by atoms with Gasteiger partial charge in [-0.2, -0.15) is 0 Å². The number of para-hydroxylation sites is 2. The third-order valence-electron chi connectivity index (χ3n) is 3.80. The summed E-state index contributed by atoms with van der Waals surface area (Å²) >= 11 is 0. The molecular weight excluding hydrogens is 374 g/mol. The van der Waals surface area contributed by atoms with Crippen molar-refractivity contribution in [3.05, 3.63) is 72.3 Å². The van der Waals surface area contributed by atoms with Crippen molar-refractivity contribution < 1.29 is 17.6 Å². The van der Waals surface area contributed by atoms with E-state index in [2.05, 4.69) is 20.4 Å². The second-order valence-electron chi connectivity index (χ2n) is 5.53. The molecule has 0 aliphatic heterocycles. The molecule has 9 heteroatoms. The number of aromatic nitrogens is 2. The number of hydrogen-bond donors (Lipinski definition) is 2. The van der Waals surface area contributed by atoms with Crippen LogP contribution in [-0.2, 0) is 11.0 Å². The minimum atomic E-state index is -1.81. The van der Waals surface area contributed by atoms with Gasteiger partial charge >= 0.3 is 0 Å². The number of nitrogens with zero attached hydrogens (tertiary/aromatic N) is 2. The lowest BCUT2D eigenvalue weighted by molar-refractivity contribution is 0.315. The molecule has 1 heterocycles. The predicted molar refractivity (Wildman–Crippen MR) is 97.9 cm³/mol. The molecule has 0 radical (unpaired) electrons. The van der Waals surface area contributed by atoms with Gasteiger partial charge in [0.25, 0.3) is 0 Å². The molecule has 0 saturated carbocycles. The van der Waals surface area contributed by atoms with E-state index in [0.29, 0.717) is 5.69 Å². The van der Waals surface area contributed by atoms with Crippen molar-refractivity contribution in [3.63, 3.8) is 0 Å². The fraction of sp³-hybridized carbons (Fsp3) is 0. The van der Waals surface area contributed by atoms with E-state index in [4.69, 9.17) is 4.63 Å². The highest BCUT2D eigenvalue weighted by molar-refractivity contribution is 7.86. The van der Waals surface area contributed by atoms with Crippen LogP contribution >= 0.6 is 0 Å². The minimum Gasteiger partial charge on any atom is -0.351 e. The Kier molecular flexibility index (Phi) is 4.51. The first-order chi connectivity index (χ1) is 13.1. The van der Waals surface area contributed by atoms with Gasteiger partial charge in [-0.25, -0.2) is 17.6 Å². The second-order valence-corrected chi connectivity index (χ2v) is 6.71. The summed E-state index contributed by atoms with van der Waals surface area (Å²) in [6.07, 6.45) is 0. The number of hydrogen-bond acceptors (Lipinski definition) is 5. The molecule has 0 saturated heterocycles. The maximum absolute atomic E-state index is 13.9. The zero-order chi connectivity index (χ0) is 18.8. The standard InChI is InChI=1S/C18H12F2N4O2S/c19-11-5-1-3-7-13(11)21-15-9-10-16(18-17(15)22-26-23-18)27(25)24-14-8-4-2-6-12(14)20/h1-10,21,24H. The Morgan fingerprint density at radius 3 is 2.11 bits per heavy atom. The molecule has 0 aliphatic carbocycles. The van der Waals surface area contributed by atoms with Crippen molar-refractivity contribution in [2.75, 3.05) is 10.0 Å². The molecule has 4 rings (SSSR count). The summed E-state index contributed by atoms with van der Waals surface area (Å²) in [5, 5.41) is 10.5. The fourth-order valence-electron chi connectivity index (χ4n) is 2.50. The SMILES string of the molecule is O=S(Nc1ccccc1F)c1ccc(Nc2ccccc2F)c2nonc12. The summed E-state index contributed by atoms with van der Waals surface area (Å²) in [7, 11) is -1.81. The zero-order valence-corrected chi connectivity index (χ0v) is 14.5. The molecule has 136 valence electrons. The van der Waals surface area contributed by atoms with Crippen LogP contribution in [0.4, 0.5) is 25.8 Å². The lowest BCUT2D eigenvalue weighted by Crippen LogP contribution is -2.07. The molecule has 1 aromatic heterocycles. The molecular formula is C18H12F2N4O2S. The molecule has 3 aromatic carbocycles. The lowest BCUT2D eigenvalue weighted by Gasteiger charge is -2.10. The van der Waals surface area contributed by atoms with Crippen molar-refractivity contribution in [1.29, 1.82) is 0 Å². The van der Waals surface area contributed by atoms with Gasteiger partial charge < -0.3 is 5.32 Å². The van der Waals surface area contributed by atoms with Crippen molar-refractivity contribution in [2.24, 2.45) is 0 Å². The molecule has 0 amide bonds. The molecule has 1 unspecified atom stereocenters. The maximum Gasteiger partial charge on any atom is 0.159 e. The summed E-state index contributed by atoms with van der Waals surface area (Å²) in [4.78, 5) is 0.258. The Labute approximate surface area is 154 Å². The van der Waals surface area contributed by atoms with Gasteiger partial charge in [-0.05, 0) is 46.7 Å². The maximum atomic E-state index is 13.9. The summed E-state index contributed by atoms with van der Waals surface area (Å²) in [6, 6.07) is 15.1. The number of rotatable bonds is 5. The number of anilines is 3. The van der Waals surface area contributed by atoms with Crippen LogP contribution in [-0.4, -0.2) is 14.5 Å². The average molecular weight is 386 g/mol. The van der Waals surface area contributed by atoms with Crippen LogP contribution in [0, 0.1) is 11.6 Å². The molecule has 2 N–H and O–H groups in total.